The molecule has 210 valence electrons. The first-order valence-electron chi connectivity index (χ1n) is 13.2. The van der Waals surface area contributed by atoms with Gasteiger partial charge in [-0.25, -0.2) is 13.9 Å². The number of halogens is 6. The summed E-state index contributed by atoms with van der Waals surface area (Å²) in [6, 6.07) is 0. The number of H-pyrrole nitrogens is 1. The van der Waals surface area contributed by atoms with Gasteiger partial charge in [-0.3, -0.25) is 0 Å². The van der Waals surface area contributed by atoms with E-state index in [0.717, 1.165) is 36.4 Å². The minimum absolute atomic E-state index is 0.110. The zero-order chi connectivity index (χ0) is 26.9. The van der Waals surface area contributed by atoms with Gasteiger partial charge in [0.05, 0.1) is 18.9 Å². The second-order valence-electron chi connectivity index (χ2n) is 9.74. The van der Waals surface area contributed by atoms with E-state index in [0.29, 0.717) is 6.42 Å². The SMILES string of the molecule is CCCCCCCCCCCCCCCCCC[n+]1cc[nH]c1N(F)S(=O)(=O)C1(F)C(F)(F)C1(F)F. The van der Waals surface area contributed by atoms with E-state index in [9.17, 15) is 34.9 Å². The molecule has 1 fully saturated rings. The number of unbranched alkanes of at least 4 members (excludes halogenated alkanes) is 15. The second kappa shape index (κ2) is 13.4. The number of sulfonamides is 1. The number of nitrogens with one attached hydrogen (secondary N) is 1. The average Bonchev–Trinajstić information content (AvgIpc) is 3.15. The summed E-state index contributed by atoms with van der Waals surface area (Å²) in [5, 5.41) is -5.32. The fraction of sp³-hybridized carbons (Fsp3) is 0.875. The van der Waals surface area contributed by atoms with Crippen LogP contribution in [0.25, 0.3) is 0 Å². The van der Waals surface area contributed by atoms with E-state index in [2.05, 4.69) is 11.9 Å². The van der Waals surface area contributed by atoms with Gasteiger partial charge in [-0.05, 0) is 10.9 Å². The highest BCUT2D eigenvalue weighted by atomic mass is 32.2. The Hall–Kier alpha value is -1.46. The Kier molecular flexibility index (Phi) is 11.4. The fourth-order valence-corrected chi connectivity index (χ4v) is 5.89. The summed E-state index contributed by atoms with van der Waals surface area (Å²) in [7, 11) is -6.34. The van der Waals surface area contributed by atoms with Crippen molar-refractivity contribution in [3.8, 4) is 0 Å². The molecule has 0 aliphatic heterocycles. The summed E-state index contributed by atoms with van der Waals surface area (Å²) < 4.78 is 105. The standard InChI is InChI=1S/C24H39F6N3O2S/c1-2-3-4-5-6-7-8-9-10-11-12-13-14-15-16-17-19-32-20-18-31-21(32)33(30)36(34,35)24(29)22(25,26)23(24,27)28/h18,20H,2-17,19H2,1H3/p+1. The molecule has 0 atom stereocenters. The zero-order valence-corrected chi connectivity index (χ0v) is 21.9. The average molecular weight is 549 g/mol. The third-order valence-corrected chi connectivity index (χ3v) is 8.68. The lowest BCUT2D eigenvalue weighted by molar-refractivity contribution is -0.684. The molecule has 0 radical (unpaired) electrons. The van der Waals surface area contributed by atoms with Crippen LogP contribution in [0.1, 0.15) is 110 Å². The summed E-state index contributed by atoms with van der Waals surface area (Å²) in [6.07, 6.45) is 20.9. The summed E-state index contributed by atoms with van der Waals surface area (Å²) in [4.78, 5) is 2.15. The highest BCUT2D eigenvalue weighted by Crippen LogP contribution is 2.71. The number of hydrogen-bond donors (Lipinski definition) is 1. The summed E-state index contributed by atoms with van der Waals surface area (Å²) in [5.41, 5.74) is 0. The van der Waals surface area contributed by atoms with Gasteiger partial charge in [0.15, 0.2) is 0 Å². The van der Waals surface area contributed by atoms with Crippen LogP contribution >= 0.6 is 0 Å². The maximum Gasteiger partial charge on any atom is 0.406 e. The fourth-order valence-electron chi connectivity index (χ4n) is 4.43. The molecule has 1 N–H and O–H groups in total. The number of hydrogen-bond acceptors (Lipinski definition) is 2. The van der Waals surface area contributed by atoms with Gasteiger partial charge in [-0.1, -0.05) is 103 Å². The van der Waals surface area contributed by atoms with E-state index in [1.165, 1.54) is 76.8 Å². The van der Waals surface area contributed by atoms with Crippen LogP contribution in [0.5, 0.6) is 0 Å². The maximum absolute atomic E-state index is 14.4. The Morgan fingerprint density at radius 1 is 0.750 bits per heavy atom. The zero-order valence-electron chi connectivity index (χ0n) is 21.1. The number of rotatable bonds is 20. The normalized spacial score (nSPS) is 17.9. The molecular weight excluding hydrogens is 508 g/mol. The van der Waals surface area contributed by atoms with Crippen LogP contribution in [0.4, 0.5) is 32.4 Å². The highest BCUT2D eigenvalue weighted by Gasteiger charge is 3.07. The lowest BCUT2D eigenvalue weighted by Crippen LogP contribution is -2.45. The molecule has 1 aromatic rings. The monoisotopic (exact) mass is 548 g/mol. The van der Waals surface area contributed by atoms with Gasteiger partial charge in [0.25, 0.3) is 0 Å². The van der Waals surface area contributed by atoms with Crippen molar-refractivity contribution < 1.29 is 39.4 Å². The van der Waals surface area contributed by atoms with Crippen LogP contribution in [0, 0.1) is 0 Å². The smallest absolute Gasteiger partial charge is 0.245 e. The van der Waals surface area contributed by atoms with Crippen molar-refractivity contribution in [1.82, 2.24) is 4.98 Å². The van der Waals surface area contributed by atoms with E-state index in [1.807, 2.05) is 0 Å². The Morgan fingerprint density at radius 2 is 1.14 bits per heavy atom. The van der Waals surface area contributed by atoms with Crippen molar-refractivity contribution in [2.75, 3.05) is 4.53 Å². The Balaban J connectivity index is 1.59. The molecule has 0 aromatic carbocycles. The number of aromatic amines is 1. The molecule has 5 nitrogen and oxygen atoms in total. The van der Waals surface area contributed by atoms with Gasteiger partial charge >= 0.3 is 32.8 Å². The molecule has 0 bridgehead atoms. The van der Waals surface area contributed by atoms with Crippen LogP contribution in [-0.4, -0.2) is 30.2 Å². The first kappa shape index (κ1) is 30.8. The molecule has 1 aliphatic carbocycles. The Morgan fingerprint density at radius 3 is 1.53 bits per heavy atom. The highest BCUT2D eigenvalue weighted by molar-refractivity contribution is 7.94. The van der Waals surface area contributed by atoms with Crippen molar-refractivity contribution in [3.63, 3.8) is 0 Å². The molecule has 0 amide bonds. The Labute approximate surface area is 210 Å². The van der Waals surface area contributed by atoms with Crippen molar-refractivity contribution in [1.29, 1.82) is 0 Å². The van der Waals surface area contributed by atoms with Crippen molar-refractivity contribution in [2.24, 2.45) is 0 Å². The molecule has 1 aliphatic rings. The van der Waals surface area contributed by atoms with E-state index >= 15 is 0 Å². The molecule has 1 heterocycles. The van der Waals surface area contributed by atoms with Gasteiger partial charge in [0.2, 0.25) is 0 Å². The van der Waals surface area contributed by atoms with E-state index in [4.69, 9.17) is 0 Å². The number of nitrogens with zero attached hydrogens (tertiary/aromatic N) is 2. The van der Waals surface area contributed by atoms with Crippen molar-refractivity contribution in [3.05, 3.63) is 12.4 Å². The van der Waals surface area contributed by atoms with Gasteiger partial charge in [0, 0.05) is 4.53 Å². The predicted octanol–water partition coefficient (Wildman–Crippen LogP) is 7.53. The second-order valence-corrected chi connectivity index (χ2v) is 11.6. The molecule has 1 saturated carbocycles. The third kappa shape index (κ3) is 6.51. The van der Waals surface area contributed by atoms with Gasteiger partial charge in [-0.2, -0.15) is 26.0 Å². The van der Waals surface area contributed by atoms with Crippen molar-refractivity contribution in [2.45, 2.75) is 133 Å². The minimum atomic E-state index is -6.34. The van der Waals surface area contributed by atoms with Gasteiger partial charge < -0.3 is 0 Å². The first-order valence-corrected chi connectivity index (χ1v) is 14.6. The van der Waals surface area contributed by atoms with E-state index in [-0.39, 0.29) is 6.54 Å². The van der Waals surface area contributed by atoms with Crippen molar-refractivity contribution >= 4 is 16.0 Å². The van der Waals surface area contributed by atoms with Crippen LogP contribution in [0.2, 0.25) is 0 Å². The maximum atomic E-state index is 14.4. The van der Waals surface area contributed by atoms with Crippen LogP contribution in [-0.2, 0) is 16.6 Å². The number of alkyl halides is 5. The lowest BCUT2D eigenvalue weighted by atomic mass is 10.0. The number of imidazole rings is 1. The predicted molar refractivity (Wildman–Crippen MR) is 127 cm³/mol. The number of anilines is 1. The summed E-state index contributed by atoms with van der Waals surface area (Å²) in [6.45, 7) is 2.33. The first-order chi connectivity index (χ1) is 17.0. The summed E-state index contributed by atoms with van der Waals surface area (Å²) >= 11 is 0. The Bertz CT molecular complexity index is 880. The van der Waals surface area contributed by atoms with E-state index in [1.54, 1.807) is 0 Å². The van der Waals surface area contributed by atoms with E-state index < -0.39 is 37.3 Å². The van der Waals surface area contributed by atoms with Crippen LogP contribution < -0.4 is 9.09 Å². The van der Waals surface area contributed by atoms with Gasteiger partial charge in [0.1, 0.15) is 0 Å². The van der Waals surface area contributed by atoms with Crippen LogP contribution in [0.3, 0.4) is 0 Å². The molecule has 0 saturated heterocycles. The van der Waals surface area contributed by atoms with Gasteiger partial charge in [-0.15, -0.1) is 0 Å². The van der Waals surface area contributed by atoms with Crippen LogP contribution in [0.15, 0.2) is 12.4 Å². The quantitative estimate of drug-likeness (QED) is 0.0792. The molecular formula is C24H40F6N3O2S+. The topological polar surface area (TPSA) is 57.0 Å². The third-order valence-electron chi connectivity index (χ3n) is 6.86. The molecule has 12 heteroatoms. The summed E-state index contributed by atoms with van der Waals surface area (Å²) in [5.74, 6) is -11.9. The minimum Gasteiger partial charge on any atom is -0.245 e. The number of aryl methyl sites for hydroxylation is 1. The number of aromatic nitrogens is 2. The molecule has 0 unspecified atom stereocenters. The lowest BCUT2D eigenvalue weighted by Gasteiger charge is -2.10. The molecule has 0 spiro atoms. The largest absolute Gasteiger partial charge is 0.406 e. The molecule has 2 rings (SSSR count). The molecule has 36 heavy (non-hydrogen) atoms. The molecule has 1 aromatic heterocycles.